The summed E-state index contributed by atoms with van der Waals surface area (Å²) < 4.78 is 1.69. The van der Waals surface area contributed by atoms with Crippen LogP contribution < -0.4 is 10.2 Å². The summed E-state index contributed by atoms with van der Waals surface area (Å²) in [7, 11) is 0. The number of nitrogens with one attached hydrogen (secondary N) is 1. The molecular weight excluding hydrogens is 470 g/mol. The molecule has 1 aliphatic rings. The van der Waals surface area contributed by atoms with Gasteiger partial charge in [0.2, 0.25) is 5.95 Å². The standard InChI is InChI=1S/C26H25N9O2/c1-16(2)28-26-30-21(18-6-3-5-17(9-18)11-27)10-22(31-26)23-15-35(33-32-23)14-20-7-4-8-24(29-20)34-12-19(13-34)25(36)37/h3-10,15-16,19H,12-14H2,1-2H3,(H,36,37)(H,28,30,31). The molecule has 0 saturated carbocycles. The molecule has 0 bridgehead atoms. The number of aliphatic carboxylic acids is 1. The molecule has 0 unspecified atom stereocenters. The molecule has 11 nitrogen and oxygen atoms in total. The molecule has 0 spiro atoms. The maximum absolute atomic E-state index is 11.1. The molecule has 1 aliphatic heterocycles. The number of pyridine rings is 1. The van der Waals surface area contributed by atoms with E-state index in [2.05, 4.69) is 36.7 Å². The van der Waals surface area contributed by atoms with Crippen molar-refractivity contribution in [1.82, 2.24) is 29.9 Å². The van der Waals surface area contributed by atoms with Gasteiger partial charge in [-0.25, -0.2) is 19.6 Å². The zero-order chi connectivity index (χ0) is 25.9. The number of rotatable bonds is 8. The third-order valence-corrected chi connectivity index (χ3v) is 5.90. The fraction of sp³-hybridized carbons (Fsp3) is 0.269. The van der Waals surface area contributed by atoms with Gasteiger partial charge >= 0.3 is 5.97 Å². The third-order valence-electron chi connectivity index (χ3n) is 5.90. The quantitative estimate of drug-likeness (QED) is 0.374. The summed E-state index contributed by atoms with van der Waals surface area (Å²) in [5.74, 6) is 0.0845. The first-order valence-corrected chi connectivity index (χ1v) is 11.9. The Bertz CT molecular complexity index is 1490. The predicted molar refractivity (Wildman–Crippen MR) is 137 cm³/mol. The van der Waals surface area contributed by atoms with E-state index in [9.17, 15) is 10.1 Å². The number of aromatic nitrogens is 6. The molecule has 37 heavy (non-hydrogen) atoms. The summed E-state index contributed by atoms with van der Waals surface area (Å²) >= 11 is 0. The highest BCUT2D eigenvalue weighted by atomic mass is 16.4. The SMILES string of the molecule is CC(C)Nc1nc(-c2cccc(C#N)c2)cc(-c2cn(Cc3cccc(N4CC(C(=O)O)C4)n3)nn2)n1. The Morgan fingerprint density at radius 1 is 1.11 bits per heavy atom. The van der Waals surface area contributed by atoms with Crippen molar-refractivity contribution in [3.63, 3.8) is 0 Å². The minimum Gasteiger partial charge on any atom is -0.481 e. The molecule has 1 fully saturated rings. The zero-order valence-electron chi connectivity index (χ0n) is 20.4. The van der Waals surface area contributed by atoms with Crippen molar-refractivity contribution in [3.05, 3.63) is 66.0 Å². The summed E-state index contributed by atoms with van der Waals surface area (Å²) in [6.07, 6.45) is 1.80. The Balaban J connectivity index is 1.39. The van der Waals surface area contributed by atoms with Gasteiger partial charge < -0.3 is 15.3 Å². The van der Waals surface area contributed by atoms with Gasteiger partial charge in [-0.1, -0.05) is 23.4 Å². The van der Waals surface area contributed by atoms with Crippen LogP contribution in [0.4, 0.5) is 11.8 Å². The summed E-state index contributed by atoms with van der Waals surface area (Å²) in [5.41, 5.74) is 3.99. The Morgan fingerprint density at radius 2 is 1.89 bits per heavy atom. The normalized spacial score (nSPS) is 13.3. The van der Waals surface area contributed by atoms with Gasteiger partial charge in [-0.15, -0.1) is 5.10 Å². The molecule has 0 radical (unpaired) electrons. The van der Waals surface area contributed by atoms with E-state index in [0.29, 0.717) is 48.2 Å². The number of hydrogen-bond donors (Lipinski definition) is 2. The number of anilines is 2. The smallest absolute Gasteiger partial charge is 0.310 e. The van der Waals surface area contributed by atoms with E-state index in [1.54, 1.807) is 23.0 Å². The zero-order valence-corrected chi connectivity index (χ0v) is 20.4. The second-order valence-electron chi connectivity index (χ2n) is 9.18. The number of benzene rings is 1. The van der Waals surface area contributed by atoms with Gasteiger partial charge in [0.05, 0.1) is 47.4 Å². The highest BCUT2D eigenvalue weighted by Crippen LogP contribution is 2.26. The molecule has 11 heteroatoms. The highest BCUT2D eigenvalue weighted by Gasteiger charge is 2.33. The van der Waals surface area contributed by atoms with E-state index in [4.69, 9.17) is 5.11 Å². The van der Waals surface area contributed by atoms with E-state index in [0.717, 1.165) is 17.1 Å². The van der Waals surface area contributed by atoms with Crippen LogP contribution in [0.2, 0.25) is 0 Å². The van der Waals surface area contributed by atoms with E-state index in [-0.39, 0.29) is 12.0 Å². The molecule has 2 N–H and O–H groups in total. The lowest BCUT2D eigenvalue weighted by molar-refractivity contribution is -0.142. The van der Waals surface area contributed by atoms with Gasteiger partial charge in [0.25, 0.3) is 0 Å². The summed E-state index contributed by atoms with van der Waals surface area (Å²) in [5, 5.41) is 30.2. The molecule has 186 valence electrons. The summed E-state index contributed by atoms with van der Waals surface area (Å²) in [6, 6.07) is 17.1. The van der Waals surface area contributed by atoms with Crippen LogP contribution >= 0.6 is 0 Å². The molecule has 1 saturated heterocycles. The first kappa shape index (κ1) is 23.9. The second-order valence-corrected chi connectivity index (χ2v) is 9.18. The lowest BCUT2D eigenvalue weighted by Crippen LogP contribution is -2.50. The molecule has 5 rings (SSSR count). The lowest BCUT2D eigenvalue weighted by atomic mass is 10.0. The van der Waals surface area contributed by atoms with Crippen molar-refractivity contribution < 1.29 is 9.90 Å². The van der Waals surface area contributed by atoms with E-state index >= 15 is 0 Å². The second kappa shape index (κ2) is 10.0. The minimum atomic E-state index is -0.778. The predicted octanol–water partition coefficient (Wildman–Crippen LogP) is 3.06. The topological polar surface area (TPSA) is 146 Å². The largest absolute Gasteiger partial charge is 0.481 e. The van der Waals surface area contributed by atoms with Gasteiger partial charge in [-0.3, -0.25) is 4.79 Å². The van der Waals surface area contributed by atoms with Crippen molar-refractivity contribution >= 4 is 17.7 Å². The Labute approximate surface area is 213 Å². The van der Waals surface area contributed by atoms with Crippen LogP contribution in [0.25, 0.3) is 22.6 Å². The molecule has 0 amide bonds. The number of hydrogen-bond acceptors (Lipinski definition) is 9. The van der Waals surface area contributed by atoms with Gasteiger partial charge in [0.1, 0.15) is 11.5 Å². The first-order valence-electron chi connectivity index (χ1n) is 11.9. The van der Waals surface area contributed by atoms with E-state index in [1.807, 2.05) is 55.1 Å². The van der Waals surface area contributed by atoms with Crippen LogP contribution in [0.15, 0.2) is 54.7 Å². The van der Waals surface area contributed by atoms with Gasteiger partial charge in [-0.2, -0.15) is 5.26 Å². The van der Waals surface area contributed by atoms with E-state index < -0.39 is 5.97 Å². The lowest BCUT2D eigenvalue weighted by Gasteiger charge is -2.37. The van der Waals surface area contributed by atoms with Crippen molar-refractivity contribution in [2.24, 2.45) is 5.92 Å². The fourth-order valence-electron chi connectivity index (χ4n) is 4.01. The monoisotopic (exact) mass is 495 g/mol. The van der Waals surface area contributed by atoms with E-state index in [1.165, 1.54) is 0 Å². The van der Waals surface area contributed by atoms with Crippen LogP contribution in [0, 0.1) is 17.2 Å². The fourth-order valence-corrected chi connectivity index (χ4v) is 4.01. The van der Waals surface area contributed by atoms with Crippen LogP contribution in [-0.2, 0) is 11.3 Å². The van der Waals surface area contributed by atoms with Crippen LogP contribution in [0.3, 0.4) is 0 Å². The maximum Gasteiger partial charge on any atom is 0.310 e. The number of carboxylic acids is 1. The summed E-state index contributed by atoms with van der Waals surface area (Å²) in [4.78, 5) is 27.0. The Kier molecular flexibility index (Phi) is 6.47. The van der Waals surface area contributed by atoms with Gasteiger partial charge in [-0.05, 0) is 44.2 Å². The molecule has 1 aromatic carbocycles. The number of nitrogens with zero attached hydrogens (tertiary/aromatic N) is 8. The Hall–Kier alpha value is -4.85. The number of carbonyl (C=O) groups is 1. The molecule has 0 atom stereocenters. The molecule has 4 aromatic rings. The minimum absolute atomic E-state index is 0.125. The van der Waals surface area contributed by atoms with Crippen molar-refractivity contribution in [3.8, 4) is 28.7 Å². The van der Waals surface area contributed by atoms with Crippen LogP contribution in [0.5, 0.6) is 0 Å². The average Bonchev–Trinajstić information content (AvgIpc) is 3.31. The highest BCUT2D eigenvalue weighted by molar-refractivity contribution is 5.74. The number of nitriles is 1. The Morgan fingerprint density at radius 3 is 2.65 bits per heavy atom. The molecule has 0 aliphatic carbocycles. The number of carboxylic acid groups (broad SMARTS) is 1. The van der Waals surface area contributed by atoms with Crippen LogP contribution in [-0.4, -0.2) is 60.2 Å². The first-order chi connectivity index (χ1) is 17.9. The molecular formula is C26H25N9O2. The summed E-state index contributed by atoms with van der Waals surface area (Å²) in [6.45, 7) is 5.33. The van der Waals surface area contributed by atoms with Crippen molar-refractivity contribution in [2.75, 3.05) is 23.3 Å². The third kappa shape index (κ3) is 5.38. The van der Waals surface area contributed by atoms with Crippen molar-refractivity contribution in [2.45, 2.75) is 26.4 Å². The molecule has 3 aromatic heterocycles. The average molecular weight is 496 g/mol. The van der Waals surface area contributed by atoms with Gasteiger partial charge in [0, 0.05) is 24.7 Å². The van der Waals surface area contributed by atoms with Gasteiger partial charge in [0.15, 0.2) is 0 Å². The van der Waals surface area contributed by atoms with Crippen molar-refractivity contribution in [1.29, 1.82) is 5.26 Å². The molecule has 4 heterocycles. The van der Waals surface area contributed by atoms with Crippen LogP contribution in [0.1, 0.15) is 25.1 Å². The maximum atomic E-state index is 11.1.